The lowest BCUT2D eigenvalue weighted by Gasteiger charge is -2.14. The van der Waals surface area contributed by atoms with E-state index < -0.39 is 30.0 Å². The van der Waals surface area contributed by atoms with Gasteiger partial charge in [0.2, 0.25) is 0 Å². The molecule has 0 unspecified atom stereocenters. The number of nitrogens with zero attached hydrogens (tertiary/aromatic N) is 2. The number of ether oxygens (including phenoxy) is 1. The van der Waals surface area contributed by atoms with Gasteiger partial charge in [0.05, 0.1) is 6.61 Å². The Morgan fingerprint density at radius 3 is 2.19 bits per heavy atom. The molecule has 0 aliphatic carbocycles. The number of benzene rings is 1. The van der Waals surface area contributed by atoms with Gasteiger partial charge in [0, 0.05) is 11.1 Å². The minimum atomic E-state index is -4.61. The summed E-state index contributed by atoms with van der Waals surface area (Å²) in [6.45, 7) is 1.76. The van der Waals surface area contributed by atoms with E-state index in [4.69, 9.17) is 0 Å². The highest BCUT2D eigenvalue weighted by atomic mass is 19.4. The molecule has 112 valence electrons. The van der Waals surface area contributed by atoms with E-state index in [1.54, 1.807) is 6.92 Å². The molecule has 0 radical (unpaired) electrons. The van der Waals surface area contributed by atoms with Gasteiger partial charge in [0.25, 0.3) is 0 Å². The third-order valence-electron chi connectivity index (χ3n) is 2.91. The van der Waals surface area contributed by atoms with Crippen molar-refractivity contribution in [2.24, 2.45) is 10.2 Å². The van der Waals surface area contributed by atoms with Crippen LogP contribution in [0, 0.1) is 0 Å². The van der Waals surface area contributed by atoms with Gasteiger partial charge in [-0.3, -0.25) is 9.59 Å². The molecule has 1 aliphatic heterocycles. The SMILES string of the molecule is CCOC(=O)CC(=O)c1ccc(C2(C(F)(F)F)N=N2)cc1. The summed E-state index contributed by atoms with van der Waals surface area (Å²) in [6, 6.07) is 4.69. The third-order valence-corrected chi connectivity index (χ3v) is 2.91. The topological polar surface area (TPSA) is 68.1 Å². The summed E-state index contributed by atoms with van der Waals surface area (Å²) in [5.41, 5.74) is -2.54. The minimum absolute atomic E-state index is 0.129. The number of carbonyl (C=O) groups excluding carboxylic acids is 2. The molecule has 0 atom stereocenters. The fourth-order valence-corrected chi connectivity index (χ4v) is 1.78. The molecule has 21 heavy (non-hydrogen) atoms. The molecular formula is C13H11F3N2O3. The largest absolute Gasteiger partial charge is 0.466 e. The Bertz CT molecular complexity index is 588. The highest BCUT2D eigenvalue weighted by Gasteiger charge is 2.65. The van der Waals surface area contributed by atoms with Crippen LogP contribution in [0.4, 0.5) is 13.2 Å². The first kappa shape index (κ1) is 15.1. The number of carbonyl (C=O) groups is 2. The zero-order chi connectivity index (χ0) is 15.7. The number of Topliss-reactive ketones (excluding diaryl/α,β-unsaturated/α-hetero) is 1. The molecule has 1 aromatic carbocycles. The Labute approximate surface area is 117 Å². The summed E-state index contributed by atoms with van der Waals surface area (Å²) in [5, 5.41) is 6.13. The predicted molar refractivity (Wildman–Crippen MR) is 64.6 cm³/mol. The lowest BCUT2D eigenvalue weighted by Crippen LogP contribution is -2.30. The van der Waals surface area contributed by atoms with E-state index in [2.05, 4.69) is 15.0 Å². The molecule has 0 amide bonds. The molecule has 5 nitrogen and oxygen atoms in total. The maximum Gasteiger partial charge on any atom is 0.442 e. The number of alkyl halides is 3. The zero-order valence-electron chi connectivity index (χ0n) is 11.0. The number of ketones is 1. The van der Waals surface area contributed by atoms with E-state index in [9.17, 15) is 22.8 Å². The third kappa shape index (κ3) is 2.93. The maximum atomic E-state index is 12.8. The quantitative estimate of drug-likeness (QED) is 0.477. The van der Waals surface area contributed by atoms with Crippen LogP contribution in [0.5, 0.6) is 0 Å². The second-order valence-electron chi connectivity index (χ2n) is 4.35. The molecule has 0 spiro atoms. The predicted octanol–water partition coefficient (Wildman–Crippen LogP) is 3.00. The normalized spacial score (nSPS) is 15.6. The molecule has 1 aromatic rings. The first-order valence-electron chi connectivity index (χ1n) is 6.10. The average Bonchev–Trinajstić information content (AvgIpc) is 3.20. The van der Waals surface area contributed by atoms with Gasteiger partial charge in [-0.05, 0) is 6.92 Å². The van der Waals surface area contributed by atoms with Crippen molar-refractivity contribution in [1.82, 2.24) is 0 Å². The molecule has 2 rings (SSSR count). The van der Waals surface area contributed by atoms with Crippen molar-refractivity contribution < 1.29 is 27.5 Å². The Balaban J connectivity index is 2.10. The van der Waals surface area contributed by atoms with E-state index in [0.717, 1.165) is 12.1 Å². The fraction of sp³-hybridized carbons (Fsp3) is 0.385. The van der Waals surface area contributed by atoms with Crippen molar-refractivity contribution >= 4 is 11.8 Å². The van der Waals surface area contributed by atoms with Gasteiger partial charge in [-0.15, -0.1) is 10.2 Å². The van der Waals surface area contributed by atoms with Crippen LogP contribution < -0.4 is 0 Å². The maximum absolute atomic E-state index is 12.8. The summed E-state index contributed by atoms with van der Waals surface area (Å²) in [5.74, 6) is -1.20. The Kier molecular flexibility index (Phi) is 3.80. The van der Waals surface area contributed by atoms with Crippen LogP contribution in [0.25, 0.3) is 0 Å². The van der Waals surface area contributed by atoms with Crippen molar-refractivity contribution in [2.75, 3.05) is 6.61 Å². The van der Waals surface area contributed by atoms with E-state index in [1.165, 1.54) is 12.1 Å². The number of rotatable bonds is 5. The molecule has 1 aliphatic rings. The fourth-order valence-electron chi connectivity index (χ4n) is 1.78. The highest BCUT2D eigenvalue weighted by Crippen LogP contribution is 2.52. The summed E-state index contributed by atoms with van der Waals surface area (Å²) in [4.78, 5) is 22.9. The van der Waals surface area contributed by atoms with Gasteiger partial charge in [0.1, 0.15) is 6.42 Å². The molecule has 0 fully saturated rings. The second-order valence-corrected chi connectivity index (χ2v) is 4.35. The number of halogens is 3. The van der Waals surface area contributed by atoms with Gasteiger partial charge in [-0.25, -0.2) is 0 Å². The van der Waals surface area contributed by atoms with Crippen LogP contribution >= 0.6 is 0 Å². The molecule has 0 aromatic heterocycles. The summed E-state index contributed by atoms with van der Waals surface area (Å²) in [6.07, 6.45) is -5.06. The van der Waals surface area contributed by atoms with Crippen LogP contribution in [0.15, 0.2) is 34.5 Å². The van der Waals surface area contributed by atoms with Gasteiger partial charge in [0.15, 0.2) is 5.78 Å². The minimum Gasteiger partial charge on any atom is -0.466 e. The Hall–Kier alpha value is -2.25. The lowest BCUT2D eigenvalue weighted by atomic mass is 9.99. The van der Waals surface area contributed by atoms with Crippen molar-refractivity contribution in [3.05, 3.63) is 35.4 Å². The number of esters is 1. The first-order valence-corrected chi connectivity index (χ1v) is 6.10. The van der Waals surface area contributed by atoms with Crippen molar-refractivity contribution in [3.8, 4) is 0 Å². The van der Waals surface area contributed by atoms with Gasteiger partial charge in [-0.2, -0.15) is 13.2 Å². The standard InChI is InChI=1S/C13H11F3N2O3/c1-2-21-11(20)7-10(19)8-3-5-9(6-4-8)12(17-18-12)13(14,15)16/h3-6H,2,7H2,1H3. The van der Waals surface area contributed by atoms with Crippen LogP contribution in [0.3, 0.4) is 0 Å². The van der Waals surface area contributed by atoms with Crippen LogP contribution in [0.2, 0.25) is 0 Å². The van der Waals surface area contributed by atoms with Crippen LogP contribution in [0.1, 0.15) is 29.3 Å². The highest BCUT2D eigenvalue weighted by molar-refractivity contribution is 6.05. The van der Waals surface area contributed by atoms with E-state index in [-0.39, 0.29) is 17.7 Å². The first-order chi connectivity index (χ1) is 9.80. The number of hydrogen-bond acceptors (Lipinski definition) is 5. The molecular weight excluding hydrogens is 289 g/mol. The van der Waals surface area contributed by atoms with E-state index in [1.807, 2.05) is 0 Å². The van der Waals surface area contributed by atoms with E-state index in [0.29, 0.717) is 0 Å². The monoisotopic (exact) mass is 300 g/mol. The lowest BCUT2D eigenvalue weighted by molar-refractivity contribution is -0.166. The Morgan fingerprint density at radius 2 is 1.76 bits per heavy atom. The van der Waals surface area contributed by atoms with Crippen molar-refractivity contribution in [1.29, 1.82) is 0 Å². The van der Waals surface area contributed by atoms with Gasteiger partial charge >= 0.3 is 17.8 Å². The van der Waals surface area contributed by atoms with Crippen LogP contribution in [-0.2, 0) is 15.2 Å². The van der Waals surface area contributed by atoms with Crippen molar-refractivity contribution in [3.63, 3.8) is 0 Å². The second kappa shape index (κ2) is 5.27. The summed E-state index contributed by atoms with van der Waals surface area (Å²) in [7, 11) is 0. The smallest absolute Gasteiger partial charge is 0.442 e. The van der Waals surface area contributed by atoms with E-state index >= 15 is 0 Å². The molecule has 8 heteroatoms. The average molecular weight is 300 g/mol. The van der Waals surface area contributed by atoms with Gasteiger partial charge < -0.3 is 4.74 Å². The van der Waals surface area contributed by atoms with Crippen molar-refractivity contribution in [2.45, 2.75) is 25.2 Å². The summed E-state index contributed by atoms with van der Waals surface area (Å²) >= 11 is 0. The van der Waals surface area contributed by atoms with Gasteiger partial charge in [-0.1, -0.05) is 24.3 Å². The molecule has 0 bridgehead atoms. The molecule has 0 saturated carbocycles. The Morgan fingerprint density at radius 1 is 1.19 bits per heavy atom. The molecule has 0 N–H and O–H groups in total. The molecule has 1 heterocycles. The molecule has 0 saturated heterocycles. The van der Waals surface area contributed by atoms with Crippen LogP contribution in [-0.4, -0.2) is 24.5 Å². The number of hydrogen-bond donors (Lipinski definition) is 0. The summed E-state index contributed by atoms with van der Waals surface area (Å²) < 4.78 is 43.0. The zero-order valence-corrected chi connectivity index (χ0v) is 11.0.